The summed E-state index contributed by atoms with van der Waals surface area (Å²) in [7, 11) is 0. The molecule has 1 aliphatic carbocycles. The van der Waals surface area contributed by atoms with E-state index in [4.69, 9.17) is 21.4 Å². The van der Waals surface area contributed by atoms with Gasteiger partial charge in [-0.2, -0.15) is 18.0 Å². The molecule has 1 fully saturated rings. The first-order chi connectivity index (χ1) is 24.5. The molecule has 3 aromatic heterocycles. The lowest BCUT2D eigenvalue weighted by atomic mass is 9.58. The number of pyridine rings is 1. The topological polar surface area (TPSA) is 157 Å². The molecule has 4 aromatic rings. The van der Waals surface area contributed by atoms with Gasteiger partial charge in [0.05, 0.1) is 40.9 Å². The Kier molecular flexibility index (Phi) is 8.68. The zero-order valence-electron chi connectivity index (χ0n) is 28.8. The minimum absolute atomic E-state index is 0.00257. The Morgan fingerprint density at radius 1 is 1.19 bits per heavy atom. The Morgan fingerprint density at radius 2 is 1.96 bits per heavy atom. The van der Waals surface area contributed by atoms with E-state index in [1.807, 2.05) is 26.8 Å². The van der Waals surface area contributed by atoms with Crippen molar-refractivity contribution in [3.63, 3.8) is 0 Å². The molecule has 274 valence electrons. The Bertz CT molecular complexity index is 2230. The number of likely N-dealkylation sites (tertiary alicyclic amines) is 1. The third-order valence-corrected chi connectivity index (χ3v) is 11.0. The number of benzene rings is 1. The Balaban J connectivity index is 1.31. The highest BCUT2D eigenvalue weighted by Crippen LogP contribution is 2.58. The van der Waals surface area contributed by atoms with Crippen LogP contribution in [0.1, 0.15) is 79.0 Å². The largest absolute Gasteiger partial charge is 0.504 e. The molecular weight excluding hydrogens is 705 g/mol. The third kappa shape index (κ3) is 5.81. The van der Waals surface area contributed by atoms with Crippen molar-refractivity contribution < 1.29 is 32.6 Å². The van der Waals surface area contributed by atoms with Gasteiger partial charge < -0.3 is 24.6 Å². The lowest BCUT2D eigenvalue weighted by molar-refractivity contribution is -0.137. The van der Waals surface area contributed by atoms with E-state index in [2.05, 4.69) is 20.4 Å². The number of amides is 2. The summed E-state index contributed by atoms with van der Waals surface area (Å²) in [6.45, 7) is 8.50. The highest BCUT2D eigenvalue weighted by molar-refractivity contribution is 6.33. The Labute approximate surface area is 300 Å². The van der Waals surface area contributed by atoms with Gasteiger partial charge in [0.15, 0.2) is 22.6 Å². The van der Waals surface area contributed by atoms with E-state index < -0.39 is 34.4 Å². The van der Waals surface area contributed by atoms with Crippen LogP contribution >= 0.6 is 11.6 Å². The van der Waals surface area contributed by atoms with Crippen LogP contribution in [0.15, 0.2) is 35.4 Å². The van der Waals surface area contributed by atoms with Crippen molar-refractivity contribution >= 4 is 46.0 Å². The number of fused-ring (bicyclic) bond motifs is 3. The average molecular weight is 741 g/mol. The molecular formula is C35H36ClF3N8O5. The average Bonchev–Trinajstić information content (AvgIpc) is 3.67. The van der Waals surface area contributed by atoms with Crippen LogP contribution in [0.5, 0.6) is 5.75 Å². The fourth-order valence-corrected chi connectivity index (χ4v) is 8.31. The Morgan fingerprint density at radius 3 is 2.63 bits per heavy atom. The molecule has 0 saturated carbocycles. The lowest BCUT2D eigenvalue weighted by Gasteiger charge is -2.52. The molecule has 1 spiro atoms. The van der Waals surface area contributed by atoms with Gasteiger partial charge >= 0.3 is 6.18 Å². The van der Waals surface area contributed by atoms with Crippen molar-refractivity contribution in [1.29, 1.82) is 0 Å². The smallest absolute Gasteiger partial charge is 0.416 e. The number of ether oxygens (including phenoxy) is 1. The zero-order chi connectivity index (χ0) is 37.3. The van der Waals surface area contributed by atoms with Crippen molar-refractivity contribution in [3.8, 4) is 5.75 Å². The minimum Gasteiger partial charge on any atom is -0.504 e. The van der Waals surface area contributed by atoms with Gasteiger partial charge in [0.25, 0.3) is 5.91 Å². The molecule has 1 aromatic carbocycles. The molecule has 1 saturated heterocycles. The molecule has 0 radical (unpaired) electrons. The van der Waals surface area contributed by atoms with Gasteiger partial charge in [-0.05, 0) is 55.4 Å². The summed E-state index contributed by atoms with van der Waals surface area (Å²) in [5, 5.41) is 22.3. The number of nitrogens with zero attached hydrogens (tertiary/aromatic N) is 7. The van der Waals surface area contributed by atoms with E-state index in [-0.39, 0.29) is 70.0 Å². The van der Waals surface area contributed by atoms with Crippen LogP contribution in [0.3, 0.4) is 0 Å². The van der Waals surface area contributed by atoms with E-state index in [1.165, 1.54) is 11.1 Å². The number of piperidine rings is 1. The number of hydrogen-bond donors (Lipinski definition) is 2. The highest BCUT2D eigenvalue weighted by Gasteiger charge is 2.58. The number of aromatic nitrogens is 6. The van der Waals surface area contributed by atoms with E-state index in [0.717, 1.165) is 23.9 Å². The lowest BCUT2D eigenvalue weighted by Crippen LogP contribution is -2.57. The van der Waals surface area contributed by atoms with Gasteiger partial charge in [-0.3, -0.25) is 14.4 Å². The fourth-order valence-electron chi connectivity index (χ4n) is 8.08. The van der Waals surface area contributed by atoms with Crippen LogP contribution in [0.2, 0.25) is 5.02 Å². The van der Waals surface area contributed by atoms with Gasteiger partial charge in [-0.1, -0.05) is 32.4 Å². The van der Waals surface area contributed by atoms with E-state index >= 15 is 0 Å². The number of alkyl halides is 3. The molecule has 2 amide bonds. The van der Waals surface area contributed by atoms with E-state index in [1.54, 1.807) is 16.4 Å². The van der Waals surface area contributed by atoms with Crippen LogP contribution in [0.4, 0.5) is 18.9 Å². The van der Waals surface area contributed by atoms with Crippen LogP contribution in [0, 0.1) is 12.3 Å². The number of halogens is 4. The van der Waals surface area contributed by atoms with E-state index in [0.29, 0.717) is 43.7 Å². The maximum absolute atomic E-state index is 14.7. The molecule has 2 atom stereocenters. The molecule has 2 N–H and O–H groups in total. The molecule has 5 heterocycles. The first-order valence-corrected chi connectivity index (χ1v) is 17.2. The van der Waals surface area contributed by atoms with Crippen LogP contribution in [-0.2, 0) is 27.7 Å². The zero-order valence-corrected chi connectivity index (χ0v) is 29.6. The van der Waals surface area contributed by atoms with Gasteiger partial charge in [0, 0.05) is 36.2 Å². The van der Waals surface area contributed by atoms with Crippen molar-refractivity contribution in [2.75, 3.05) is 31.6 Å². The van der Waals surface area contributed by atoms with Crippen LogP contribution in [-0.4, -0.2) is 77.7 Å². The van der Waals surface area contributed by atoms with Gasteiger partial charge in [0.1, 0.15) is 12.9 Å². The molecule has 3 aliphatic rings. The monoisotopic (exact) mass is 740 g/mol. The number of aromatic hydroxyl groups is 1. The number of carbonyl (C=O) groups is 2. The second-order valence-corrected chi connectivity index (χ2v) is 14.7. The summed E-state index contributed by atoms with van der Waals surface area (Å²) >= 11 is 6.17. The van der Waals surface area contributed by atoms with Crippen molar-refractivity contribution in [3.05, 3.63) is 74.1 Å². The second kappa shape index (κ2) is 12.7. The molecule has 7 rings (SSSR count). The summed E-state index contributed by atoms with van der Waals surface area (Å²) in [6.07, 6.45) is -0.126. The summed E-state index contributed by atoms with van der Waals surface area (Å²) in [6, 6.07) is 2.68. The van der Waals surface area contributed by atoms with Crippen molar-refractivity contribution in [2.24, 2.45) is 5.41 Å². The highest BCUT2D eigenvalue weighted by atomic mass is 35.5. The van der Waals surface area contributed by atoms with Crippen LogP contribution in [0.25, 0.3) is 16.9 Å². The fraction of sp³-hybridized carbons (Fsp3) is 0.457. The summed E-state index contributed by atoms with van der Waals surface area (Å²) in [4.78, 5) is 53.1. The maximum atomic E-state index is 14.7. The first-order valence-electron chi connectivity index (χ1n) is 16.8. The minimum atomic E-state index is -4.61. The number of anilines is 1. The standard InChI is InChI=1S/C35H36ClF3N8O5/c1-18-14-34(9-10-45(16-33(34,3)4)32(51)27-29(49)19(2)40-17-41-27)25-28(18)46(15-24(48)42-23-6-5-20(13-22(23)36)35(37,38)39)31-26(30(25)50)43-47(44-31)21-7-11-52-12-8-21/h5-7,13,17-18,49H,8-12,14-16H2,1-4H3,(H,42,48)/t18-,34-/m0/s1. The molecule has 13 nitrogen and oxygen atoms in total. The summed E-state index contributed by atoms with van der Waals surface area (Å²) in [5.74, 6) is -1.57. The summed E-state index contributed by atoms with van der Waals surface area (Å²) < 4.78 is 46.9. The third-order valence-electron chi connectivity index (χ3n) is 10.7. The van der Waals surface area contributed by atoms with Gasteiger partial charge in [0.2, 0.25) is 11.3 Å². The number of carbonyl (C=O) groups excluding carboxylic acids is 2. The SMILES string of the molecule is Cc1ncnc(C(=O)N2CC[C@@]3(C[C@H](C)c4c3c(=O)c3nn(C5=CCOCC5)nc3n4CC(=O)Nc3ccc(C(F)(F)F)cc3Cl)C(C)(C)C2)c1O. The second-order valence-electron chi connectivity index (χ2n) is 14.3. The van der Waals surface area contributed by atoms with E-state index in [9.17, 15) is 32.7 Å². The molecule has 0 bridgehead atoms. The number of rotatable bonds is 5. The predicted octanol–water partition coefficient (Wildman–Crippen LogP) is 5.29. The van der Waals surface area contributed by atoms with Gasteiger partial charge in [-0.25, -0.2) is 9.97 Å². The quantitative estimate of drug-likeness (QED) is 0.278. The molecule has 2 aliphatic heterocycles. The normalized spacial score (nSPS) is 21.3. The predicted molar refractivity (Wildman–Crippen MR) is 184 cm³/mol. The number of aryl methyl sites for hydroxylation is 1. The maximum Gasteiger partial charge on any atom is 0.416 e. The number of hydrogen-bond acceptors (Lipinski definition) is 9. The number of nitrogens with one attached hydrogen (secondary N) is 1. The van der Waals surface area contributed by atoms with Crippen LogP contribution < -0.4 is 10.7 Å². The van der Waals surface area contributed by atoms with Crippen molar-refractivity contribution in [2.45, 2.75) is 71.0 Å². The van der Waals surface area contributed by atoms with Crippen molar-refractivity contribution in [1.82, 2.24) is 34.4 Å². The Hall–Kier alpha value is -4.83. The molecule has 52 heavy (non-hydrogen) atoms. The first kappa shape index (κ1) is 35.6. The molecule has 0 unspecified atom stereocenters. The van der Waals surface area contributed by atoms with Gasteiger partial charge in [-0.15, -0.1) is 10.2 Å². The summed E-state index contributed by atoms with van der Waals surface area (Å²) in [5.41, 5.74) is -0.419. The molecule has 17 heteroatoms.